The Morgan fingerprint density at radius 2 is 1.96 bits per heavy atom. The molecule has 0 unspecified atom stereocenters. The molecule has 0 saturated heterocycles. The second-order valence-corrected chi connectivity index (χ2v) is 5.93. The number of hydrogen-bond acceptors (Lipinski definition) is 3. The molecule has 0 aliphatic rings. The van der Waals surface area contributed by atoms with Crippen molar-refractivity contribution in [2.45, 2.75) is 26.9 Å². The van der Waals surface area contributed by atoms with Crippen molar-refractivity contribution in [3.8, 4) is 11.3 Å². The zero-order chi connectivity index (χ0) is 16.4. The summed E-state index contributed by atoms with van der Waals surface area (Å²) in [4.78, 5) is 3.91. The molecule has 0 bridgehead atoms. The second-order valence-electron chi connectivity index (χ2n) is 5.50. The Bertz CT molecular complexity index is 829. The molecule has 3 rings (SSSR count). The van der Waals surface area contributed by atoms with Gasteiger partial charge in [0.2, 0.25) is 0 Å². The molecule has 0 aliphatic carbocycles. The number of nitrogens with zero attached hydrogens (tertiary/aromatic N) is 4. The van der Waals surface area contributed by atoms with E-state index in [2.05, 4.69) is 51.6 Å². The number of benzene rings is 1. The van der Waals surface area contributed by atoms with E-state index in [1.807, 2.05) is 24.3 Å². The first-order chi connectivity index (χ1) is 11.1. The van der Waals surface area contributed by atoms with Crippen molar-refractivity contribution in [1.82, 2.24) is 20.0 Å². The van der Waals surface area contributed by atoms with Crippen molar-refractivity contribution < 1.29 is 0 Å². The molecule has 0 amide bonds. The molecule has 2 heterocycles. The molecular weight excluding hydrogens is 310 g/mol. The summed E-state index contributed by atoms with van der Waals surface area (Å²) in [5, 5.41) is 11.9. The number of aryl methyl sites for hydroxylation is 1. The normalized spacial score (nSPS) is 10.9. The van der Waals surface area contributed by atoms with Crippen molar-refractivity contribution >= 4 is 18.3 Å². The summed E-state index contributed by atoms with van der Waals surface area (Å²) in [7, 11) is 0. The molecule has 1 aromatic carbocycles. The van der Waals surface area contributed by atoms with Gasteiger partial charge in [0.1, 0.15) is 11.4 Å². The highest BCUT2D eigenvalue weighted by Crippen LogP contribution is 2.28. The molecule has 0 spiro atoms. The Morgan fingerprint density at radius 3 is 2.65 bits per heavy atom. The second kappa shape index (κ2) is 6.38. The van der Waals surface area contributed by atoms with E-state index in [0.29, 0.717) is 6.54 Å². The van der Waals surface area contributed by atoms with E-state index in [0.717, 1.165) is 34.2 Å². The summed E-state index contributed by atoms with van der Waals surface area (Å²) in [5.41, 5.74) is 6.25. The van der Waals surface area contributed by atoms with E-state index in [-0.39, 0.29) is 0 Å². The molecule has 0 aliphatic heterocycles. The van der Waals surface area contributed by atoms with Crippen LogP contribution in [0.1, 0.15) is 22.6 Å². The maximum Gasteiger partial charge on any atom is 0.119 e. The lowest BCUT2D eigenvalue weighted by Gasteiger charge is -2.10. The molecular formula is C17H18ClN5. The molecule has 0 radical (unpaired) electrons. The van der Waals surface area contributed by atoms with Crippen molar-refractivity contribution in [2.24, 2.45) is 4.99 Å². The molecule has 0 atom stereocenters. The highest BCUT2D eigenvalue weighted by Gasteiger charge is 2.17. The molecule has 0 fully saturated rings. The van der Waals surface area contributed by atoms with Crippen molar-refractivity contribution in [1.29, 1.82) is 0 Å². The van der Waals surface area contributed by atoms with E-state index in [1.165, 1.54) is 11.3 Å². The minimum absolute atomic E-state index is 0.451. The van der Waals surface area contributed by atoms with Gasteiger partial charge in [0.05, 0.1) is 6.54 Å². The first-order valence-electron chi connectivity index (χ1n) is 7.34. The largest absolute Gasteiger partial charge is 0.344 e. The maximum atomic E-state index is 5.96. The first kappa shape index (κ1) is 15.5. The van der Waals surface area contributed by atoms with Gasteiger partial charge in [-0.1, -0.05) is 23.7 Å². The van der Waals surface area contributed by atoms with Crippen LogP contribution >= 0.6 is 11.6 Å². The lowest BCUT2D eigenvalue weighted by molar-refractivity contribution is 0.750. The van der Waals surface area contributed by atoms with Crippen LogP contribution in [0.5, 0.6) is 0 Å². The highest BCUT2D eigenvalue weighted by molar-refractivity contribution is 6.30. The standard InChI is InChI=1S/C17H18ClN5/c1-11-8-15(17-16(9-19-3)20-22-21-17)12(2)23(11)10-13-4-6-14(18)7-5-13/h4-8H,3,9-10H2,1-2H3,(H,20,21,22). The smallest absolute Gasteiger partial charge is 0.119 e. The SMILES string of the molecule is C=NCc1n[nH]nc1-c1cc(C)n(Cc2ccc(Cl)cc2)c1C. The van der Waals surface area contributed by atoms with Gasteiger partial charge in [-0.15, -0.1) is 0 Å². The van der Waals surface area contributed by atoms with Crippen LogP contribution in [0.2, 0.25) is 5.02 Å². The summed E-state index contributed by atoms with van der Waals surface area (Å²) < 4.78 is 2.26. The number of aromatic amines is 1. The minimum atomic E-state index is 0.451. The van der Waals surface area contributed by atoms with Gasteiger partial charge in [-0.3, -0.25) is 4.99 Å². The number of rotatable bonds is 5. The minimum Gasteiger partial charge on any atom is -0.344 e. The van der Waals surface area contributed by atoms with Gasteiger partial charge >= 0.3 is 0 Å². The summed E-state index contributed by atoms with van der Waals surface area (Å²) in [6.45, 7) is 8.97. The molecule has 118 valence electrons. The average Bonchev–Trinajstić information content (AvgIpc) is 3.09. The number of halogens is 1. The monoisotopic (exact) mass is 327 g/mol. The Labute approximate surface area is 140 Å². The van der Waals surface area contributed by atoms with E-state index in [4.69, 9.17) is 11.6 Å². The Balaban J connectivity index is 1.97. The molecule has 6 heteroatoms. The van der Waals surface area contributed by atoms with E-state index in [1.54, 1.807) is 0 Å². The lowest BCUT2D eigenvalue weighted by atomic mass is 10.1. The fourth-order valence-electron chi connectivity index (χ4n) is 2.74. The van der Waals surface area contributed by atoms with Gasteiger partial charge in [0, 0.05) is 28.5 Å². The molecule has 5 nitrogen and oxygen atoms in total. The van der Waals surface area contributed by atoms with Crippen LogP contribution in [0, 0.1) is 13.8 Å². The average molecular weight is 328 g/mol. The van der Waals surface area contributed by atoms with Crippen LogP contribution in [-0.2, 0) is 13.1 Å². The number of aromatic nitrogens is 4. The number of H-pyrrole nitrogens is 1. The topological polar surface area (TPSA) is 58.9 Å². The molecule has 1 N–H and O–H groups in total. The number of aliphatic imine (C=N–C) groups is 1. The third-order valence-electron chi connectivity index (χ3n) is 3.96. The molecule has 23 heavy (non-hydrogen) atoms. The van der Waals surface area contributed by atoms with Crippen LogP contribution in [0.3, 0.4) is 0 Å². The molecule has 3 aromatic rings. The van der Waals surface area contributed by atoms with Crippen molar-refractivity contribution in [3.63, 3.8) is 0 Å². The zero-order valence-corrected chi connectivity index (χ0v) is 13.9. The number of nitrogens with one attached hydrogen (secondary N) is 1. The Kier molecular flexibility index (Phi) is 4.30. The lowest BCUT2D eigenvalue weighted by Crippen LogP contribution is -2.04. The Hall–Kier alpha value is -2.40. The van der Waals surface area contributed by atoms with E-state index >= 15 is 0 Å². The van der Waals surface area contributed by atoms with E-state index < -0.39 is 0 Å². The third kappa shape index (κ3) is 3.05. The summed E-state index contributed by atoms with van der Waals surface area (Å²) in [5.74, 6) is 0. The van der Waals surface area contributed by atoms with Crippen molar-refractivity contribution in [2.75, 3.05) is 0 Å². The van der Waals surface area contributed by atoms with Crippen LogP contribution < -0.4 is 0 Å². The first-order valence-corrected chi connectivity index (χ1v) is 7.71. The fourth-order valence-corrected chi connectivity index (χ4v) is 2.87. The van der Waals surface area contributed by atoms with Crippen molar-refractivity contribution in [3.05, 3.63) is 58.0 Å². The predicted octanol–water partition coefficient (Wildman–Crippen LogP) is 3.79. The molecule has 0 saturated carbocycles. The van der Waals surface area contributed by atoms with Gasteiger partial charge < -0.3 is 4.57 Å². The maximum absolute atomic E-state index is 5.96. The van der Waals surface area contributed by atoms with Gasteiger partial charge in [0.15, 0.2) is 0 Å². The fraction of sp³-hybridized carbons (Fsp3) is 0.235. The van der Waals surface area contributed by atoms with Gasteiger partial charge in [-0.2, -0.15) is 15.4 Å². The predicted molar refractivity (Wildman–Crippen MR) is 93.1 cm³/mol. The number of hydrogen-bond donors (Lipinski definition) is 1. The van der Waals surface area contributed by atoms with Crippen LogP contribution in [0.15, 0.2) is 35.3 Å². The van der Waals surface area contributed by atoms with Gasteiger partial charge in [-0.05, 0) is 44.3 Å². The molecule has 2 aromatic heterocycles. The van der Waals surface area contributed by atoms with E-state index in [9.17, 15) is 0 Å². The van der Waals surface area contributed by atoms with Gasteiger partial charge in [0.25, 0.3) is 0 Å². The summed E-state index contributed by atoms with van der Waals surface area (Å²) >= 11 is 5.96. The zero-order valence-electron chi connectivity index (χ0n) is 13.2. The third-order valence-corrected chi connectivity index (χ3v) is 4.22. The Morgan fingerprint density at radius 1 is 1.22 bits per heavy atom. The van der Waals surface area contributed by atoms with Crippen LogP contribution in [-0.4, -0.2) is 26.7 Å². The quantitative estimate of drug-likeness (QED) is 0.725. The van der Waals surface area contributed by atoms with Crippen LogP contribution in [0.4, 0.5) is 0 Å². The highest BCUT2D eigenvalue weighted by atomic mass is 35.5. The van der Waals surface area contributed by atoms with Crippen LogP contribution in [0.25, 0.3) is 11.3 Å². The summed E-state index contributed by atoms with van der Waals surface area (Å²) in [6, 6.07) is 10.1. The van der Waals surface area contributed by atoms with Gasteiger partial charge in [-0.25, -0.2) is 0 Å². The summed E-state index contributed by atoms with van der Waals surface area (Å²) in [6.07, 6.45) is 0.